The molecule has 1 saturated heterocycles. The highest BCUT2D eigenvalue weighted by molar-refractivity contribution is 5.17. The fraction of sp³-hybridized carbons (Fsp3) is 0.667. The van der Waals surface area contributed by atoms with Crippen LogP contribution in [0, 0.1) is 0 Å². The molecular formula is C12H19N3O. The van der Waals surface area contributed by atoms with Gasteiger partial charge in [0.05, 0.1) is 5.69 Å². The predicted molar refractivity (Wildman–Crippen MR) is 62.6 cm³/mol. The third-order valence-corrected chi connectivity index (χ3v) is 2.71. The van der Waals surface area contributed by atoms with E-state index in [1.807, 2.05) is 12.1 Å². The maximum Gasteiger partial charge on any atom is 0.233 e. The molecule has 0 saturated carbocycles. The monoisotopic (exact) mass is 221 g/mol. The molecule has 1 aromatic rings. The van der Waals surface area contributed by atoms with Gasteiger partial charge >= 0.3 is 0 Å². The van der Waals surface area contributed by atoms with Crippen LogP contribution in [0.3, 0.4) is 0 Å². The zero-order chi connectivity index (χ0) is 11.6. The number of hydrogen-bond acceptors (Lipinski definition) is 4. The lowest BCUT2D eigenvalue weighted by molar-refractivity contribution is 0.211. The molecule has 2 heterocycles. The first kappa shape index (κ1) is 11.3. The summed E-state index contributed by atoms with van der Waals surface area (Å²) in [5.74, 6) is 0.627. The highest BCUT2D eigenvalue weighted by Crippen LogP contribution is 2.20. The minimum absolute atomic E-state index is 0.0421. The van der Waals surface area contributed by atoms with Crippen molar-refractivity contribution in [2.24, 2.45) is 0 Å². The van der Waals surface area contributed by atoms with Gasteiger partial charge in [-0.3, -0.25) is 0 Å². The number of hydrogen-bond donors (Lipinski definition) is 1. The van der Waals surface area contributed by atoms with Crippen LogP contribution in [0.25, 0.3) is 0 Å². The summed E-state index contributed by atoms with van der Waals surface area (Å²) < 4.78 is 5.71. The quantitative estimate of drug-likeness (QED) is 0.822. The first-order chi connectivity index (χ1) is 7.55. The van der Waals surface area contributed by atoms with Gasteiger partial charge in [-0.05, 0) is 19.0 Å². The van der Waals surface area contributed by atoms with Gasteiger partial charge in [0.1, 0.15) is 6.10 Å². The van der Waals surface area contributed by atoms with E-state index in [9.17, 15) is 0 Å². The second-order valence-corrected chi connectivity index (χ2v) is 5.24. The normalized spacial score (nSPS) is 21.1. The highest BCUT2D eigenvalue weighted by Gasteiger charge is 2.18. The standard InChI is InChI=1S/C12H19N3O/c1-12(2,3)10-4-5-11(15-14-10)16-9-6-7-13-8-9/h4-5,9,13H,6-8H2,1-3H3. The van der Waals surface area contributed by atoms with Crippen molar-refractivity contribution >= 4 is 0 Å². The topological polar surface area (TPSA) is 47.0 Å². The molecule has 0 amide bonds. The number of rotatable bonds is 2. The summed E-state index contributed by atoms with van der Waals surface area (Å²) in [5, 5.41) is 11.6. The maximum absolute atomic E-state index is 5.71. The average molecular weight is 221 g/mol. The Morgan fingerprint density at radius 3 is 2.62 bits per heavy atom. The van der Waals surface area contributed by atoms with Crippen molar-refractivity contribution in [2.75, 3.05) is 13.1 Å². The van der Waals surface area contributed by atoms with Crippen molar-refractivity contribution in [2.45, 2.75) is 38.7 Å². The number of nitrogens with zero attached hydrogens (tertiary/aromatic N) is 2. The Hall–Kier alpha value is -1.16. The summed E-state index contributed by atoms with van der Waals surface area (Å²) >= 11 is 0. The van der Waals surface area contributed by atoms with E-state index < -0.39 is 0 Å². The summed E-state index contributed by atoms with van der Waals surface area (Å²) in [5.41, 5.74) is 1.03. The summed E-state index contributed by atoms with van der Waals surface area (Å²) in [6.07, 6.45) is 1.29. The van der Waals surface area contributed by atoms with Crippen molar-refractivity contribution in [1.29, 1.82) is 0 Å². The Balaban J connectivity index is 2.01. The average Bonchev–Trinajstić information content (AvgIpc) is 2.70. The van der Waals surface area contributed by atoms with Crippen molar-refractivity contribution in [3.8, 4) is 5.88 Å². The van der Waals surface area contributed by atoms with Crippen LogP contribution >= 0.6 is 0 Å². The molecule has 1 atom stereocenters. The molecule has 0 radical (unpaired) electrons. The molecule has 0 aromatic carbocycles. The molecule has 4 nitrogen and oxygen atoms in total. The van der Waals surface area contributed by atoms with Crippen LogP contribution in [0.1, 0.15) is 32.9 Å². The fourth-order valence-corrected chi connectivity index (χ4v) is 1.68. The first-order valence-corrected chi connectivity index (χ1v) is 5.77. The third-order valence-electron chi connectivity index (χ3n) is 2.71. The highest BCUT2D eigenvalue weighted by atomic mass is 16.5. The molecule has 1 aliphatic heterocycles. The minimum atomic E-state index is 0.0421. The molecule has 4 heteroatoms. The first-order valence-electron chi connectivity index (χ1n) is 5.77. The molecule has 16 heavy (non-hydrogen) atoms. The van der Waals surface area contributed by atoms with Crippen LogP contribution < -0.4 is 10.1 Å². The molecule has 88 valence electrons. The van der Waals surface area contributed by atoms with Crippen molar-refractivity contribution < 1.29 is 4.74 Å². The van der Waals surface area contributed by atoms with Gasteiger partial charge in [-0.2, -0.15) is 5.10 Å². The molecule has 1 aliphatic rings. The fourth-order valence-electron chi connectivity index (χ4n) is 1.68. The maximum atomic E-state index is 5.71. The lowest BCUT2D eigenvalue weighted by Gasteiger charge is -2.17. The Labute approximate surface area is 96.4 Å². The lowest BCUT2D eigenvalue weighted by atomic mass is 9.92. The van der Waals surface area contributed by atoms with Gasteiger partial charge in [-0.15, -0.1) is 5.10 Å². The second kappa shape index (κ2) is 4.37. The van der Waals surface area contributed by atoms with E-state index >= 15 is 0 Å². The van der Waals surface area contributed by atoms with E-state index in [4.69, 9.17) is 4.74 Å². The van der Waals surface area contributed by atoms with Crippen LogP contribution in [0.15, 0.2) is 12.1 Å². The van der Waals surface area contributed by atoms with E-state index in [2.05, 4.69) is 36.3 Å². The zero-order valence-electron chi connectivity index (χ0n) is 10.2. The van der Waals surface area contributed by atoms with Gasteiger partial charge in [-0.25, -0.2) is 0 Å². The van der Waals surface area contributed by atoms with Crippen LogP contribution in [0.2, 0.25) is 0 Å². The van der Waals surface area contributed by atoms with E-state index in [0.29, 0.717) is 5.88 Å². The van der Waals surface area contributed by atoms with Crippen molar-refractivity contribution in [3.63, 3.8) is 0 Å². The summed E-state index contributed by atoms with van der Waals surface area (Å²) in [6.45, 7) is 8.30. The predicted octanol–water partition coefficient (Wildman–Crippen LogP) is 1.51. The summed E-state index contributed by atoms with van der Waals surface area (Å²) in [6, 6.07) is 3.90. The lowest BCUT2D eigenvalue weighted by Crippen LogP contribution is -2.21. The van der Waals surface area contributed by atoms with E-state index in [1.54, 1.807) is 0 Å². The third kappa shape index (κ3) is 2.70. The summed E-state index contributed by atoms with van der Waals surface area (Å²) in [7, 11) is 0. The number of ether oxygens (including phenoxy) is 1. The van der Waals surface area contributed by atoms with Crippen molar-refractivity contribution in [3.05, 3.63) is 17.8 Å². The molecule has 0 aliphatic carbocycles. The Kier molecular flexibility index (Phi) is 3.10. The molecule has 1 unspecified atom stereocenters. The largest absolute Gasteiger partial charge is 0.472 e. The van der Waals surface area contributed by atoms with Gasteiger partial charge in [-0.1, -0.05) is 20.8 Å². The van der Waals surface area contributed by atoms with Crippen LogP contribution in [0.5, 0.6) is 5.88 Å². The van der Waals surface area contributed by atoms with Crippen LogP contribution in [-0.2, 0) is 5.41 Å². The van der Waals surface area contributed by atoms with Gasteiger partial charge < -0.3 is 10.1 Å². The van der Waals surface area contributed by atoms with Gasteiger partial charge in [0.15, 0.2) is 0 Å². The summed E-state index contributed by atoms with van der Waals surface area (Å²) in [4.78, 5) is 0. The molecule has 1 aromatic heterocycles. The van der Waals surface area contributed by atoms with E-state index in [1.165, 1.54) is 0 Å². The SMILES string of the molecule is CC(C)(C)c1ccc(OC2CCNC2)nn1. The van der Waals surface area contributed by atoms with Crippen LogP contribution in [-0.4, -0.2) is 29.4 Å². The van der Waals surface area contributed by atoms with E-state index in [0.717, 1.165) is 25.2 Å². The molecule has 0 spiro atoms. The number of aromatic nitrogens is 2. The Morgan fingerprint density at radius 2 is 2.12 bits per heavy atom. The molecule has 1 fully saturated rings. The van der Waals surface area contributed by atoms with Crippen molar-refractivity contribution in [1.82, 2.24) is 15.5 Å². The van der Waals surface area contributed by atoms with Crippen LogP contribution in [0.4, 0.5) is 0 Å². The Bertz CT molecular complexity index is 336. The molecular weight excluding hydrogens is 202 g/mol. The molecule has 2 rings (SSSR count). The molecule has 1 N–H and O–H groups in total. The number of nitrogens with one attached hydrogen (secondary N) is 1. The zero-order valence-corrected chi connectivity index (χ0v) is 10.2. The minimum Gasteiger partial charge on any atom is -0.472 e. The van der Waals surface area contributed by atoms with Gasteiger partial charge in [0.25, 0.3) is 0 Å². The molecule has 0 bridgehead atoms. The van der Waals surface area contributed by atoms with Gasteiger partial charge in [0.2, 0.25) is 5.88 Å². The second-order valence-electron chi connectivity index (χ2n) is 5.24. The smallest absolute Gasteiger partial charge is 0.233 e. The van der Waals surface area contributed by atoms with Gasteiger partial charge in [0, 0.05) is 18.0 Å². The van der Waals surface area contributed by atoms with E-state index in [-0.39, 0.29) is 11.5 Å². The Morgan fingerprint density at radius 1 is 1.31 bits per heavy atom.